The number of hydrogen-bond acceptors (Lipinski definition) is 5. The van der Waals surface area contributed by atoms with Crippen LogP contribution >= 0.6 is 27.5 Å². The molecule has 0 unspecified atom stereocenters. The smallest absolute Gasteiger partial charge is 0.344 e. The molecule has 0 bridgehead atoms. The average Bonchev–Trinajstić information content (AvgIpc) is 2.59. The van der Waals surface area contributed by atoms with Gasteiger partial charge in [-0.2, -0.15) is 0 Å². The summed E-state index contributed by atoms with van der Waals surface area (Å²) in [6, 6.07) is 11.7. The Hall–Kier alpha value is -2.05. The van der Waals surface area contributed by atoms with Crippen molar-refractivity contribution >= 4 is 39.5 Å². The third-order valence-corrected chi connectivity index (χ3v) is 3.80. The van der Waals surface area contributed by atoms with E-state index in [1.54, 1.807) is 42.5 Å². The summed E-state index contributed by atoms with van der Waals surface area (Å²) in [6.45, 7) is -0.167. The van der Waals surface area contributed by atoms with Crippen LogP contribution in [0.1, 0.15) is 15.9 Å². The standard InChI is InChI=1S/C17H14BrClO5/c1-22-17(21)12-4-2-11(3-5-12)9-24-16(20)10-23-15-7-6-13(18)8-14(15)19/h2-8H,9-10H2,1H3. The Morgan fingerprint density at radius 2 is 1.83 bits per heavy atom. The highest BCUT2D eigenvalue weighted by Crippen LogP contribution is 2.27. The fourth-order valence-electron chi connectivity index (χ4n) is 1.79. The first-order chi connectivity index (χ1) is 11.5. The highest BCUT2D eigenvalue weighted by atomic mass is 79.9. The van der Waals surface area contributed by atoms with Crippen LogP contribution < -0.4 is 4.74 Å². The summed E-state index contributed by atoms with van der Waals surface area (Å²) >= 11 is 9.28. The predicted molar refractivity (Wildman–Crippen MR) is 92.2 cm³/mol. The van der Waals surface area contributed by atoms with E-state index < -0.39 is 11.9 Å². The molecule has 0 aliphatic rings. The number of esters is 2. The minimum absolute atomic E-state index is 0.0811. The minimum atomic E-state index is -0.522. The highest BCUT2D eigenvalue weighted by molar-refractivity contribution is 9.10. The molecule has 0 aromatic heterocycles. The van der Waals surface area contributed by atoms with E-state index in [0.29, 0.717) is 16.3 Å². The van der Waals surface area contributed by atoms with E-state index in [1.807, 2.05) is 0 Å². The molecule has 7 heteroatoms. The maximum absolute atomic E-state index is 11.7. The second kappa shape index (κ2) is 8.70. The quantitative estimate of drug-likeness (QED) is 0.670. The summed E-state index contributed by atoms with van der Waals surface area (Å²) in [5.74, 6) is -0.538. The minimum Gasteiger partial charge on any atom is -0.480 e. The van der Waals surface area contributed by atoms with Gasteiger partial charge >= 0.3 is 11.9 Å². The number of halogens is 2. The number of hydrogen-bond donors (Lipinski definition) is 0. The molecule has 0 fully saturated rings. The zero-order valence-electron chi connectivity index (χ0n) is 12.8. The van der Waals surface area contributed by atoms with Gasteiger partial charge in [-0.15, -0.1) is 0 Å². The molecule has 2 aromatic carbocycles. The number of carbonyl (C=O) groups is 2. The monoisotopic (exact) mass is 412 g/mol. The molecular formula is C17H14BrClO5. The maximum Gasteiger partial charge on any atom is 0.344 e. The Morgan fingerprint density at radius 3 is 2.46 bits per heavy atom. The van der Waals surface area contributed by atoms with Crippen molar-refractivity contribution in [2.45, 2.75) is 6.61 Å². The second-order valence-electron chi connectivity index (χ2n) is 4.71. The summed E-state index contributed by atoms with van der Waals surface area (Å²) < 4.78 is 15.9. The Morgan fingerprint density at radius 1 is 1.12 bits per heavy atom. The Labute approximate surface area is 152 Å². The molecule has 24 heavy (non-hydrogen) atoms. The van der Waals surface area contributed by atoms with E-state index in [1.165, 1.54) is 7.11 Å². The Bertz CT molecular complexity index is 730. The van der Waals surface area contributed by atoms with E-state index in [0.717, 1.165) is 10.0 Å². The zero-order valence-corrected chi connectivity index (χ0v) is 15.1. The van der Waals surface area contributed by atoms with Gasteiger partial charge in [0.1, 0.15) is 12.4 Å². The number of benzene rings is 2. The first-order valence-corrected chi connectivity index (χ1v) is 8.07. The van der Waals surface area contributed by atoms with Gasteiger partial charge in [0.25, 0.3) is 0 Å². The van der Waals surface area contributed by atoms with Gasteiger partial charge in [0, 0.05) is 4.47 Å². The summed E-state index contributed by atoms with van der Waals surface area (Å²) in [4.78, 5) is 23.0. The van der Waals surface area contributed by atoms with Crippen LogP contribution in [0.2, 0.25) is 5.02 Å². The van der Waals surface area contributed by atoms with Crippen LogP contribution in [0.25, 0.3) is 0 Å². The molecule has 0 radical (unpaired) electrons. The van der Waals surface area contributed by atoms with Gasteiger partial charge in [0.2, 0.25) is 0 Å². The molecule has 0 atom stereocenters. The van der Waals surface area contributed by atoms with Gasteiger partial charge in [0.05, 0.1) is 17.7 Å². The zero-order chi connectivity index (χ0) is 17.5. The molecule has 0 heterocycles. The number of ether oxygens (including phenoxy) is 3. The lowest BCUT2D eigenvalue weighted by Gasteiger charge is -2.09. The largest absolute Gasteiger partial charge is 0.480 e. The summed E-state index contributed by atoms with van der Waals surface area (Å²) in [5, 5.41) is 0.399. The van der Waals surface area contributed by atoms with Crippen LogP contribution in [0.3, 0.4) is 0 Å². The molecule has 0 aliphatic heterocycles. The molecule has 0 saturated heterocycles. The fourth-order valence-corrected chi connectivity index (χ4v) is 2.52. The van der Waals surface area contributed by atoms with Crippen molar-refractivity contribution in [3.63, 3.8) is 0 Å². The lowest BCUT2D eigenvalue weighted by Crippen LogP contribution is -2.15. The Balaban J connectivity index is 1.81. The lowest BCUT2D eigenvalue weighted by atomic mass is 10.1. The van der Waals surface area contributed by atoms with Crippen molar-refractivity contribution in [3.05, 3.63) is 63.1 Å². The molecule has 126 valence electrons. The van der Waals surface area contributed by atoms with Gasteiger partial charge in [-0.3, -0.25) is 0 Å². The third kappa shape index (κ3) is 5.25. The van der Waals surface area contributed by atoms with Gasteiger partial charge in [-0.05, 0) is 35.9 Å². The van der Waals surface area contributed by atoms with E-state index >= 15 is 0 Å². The molecule has 0 aliphatic carbocycles. The predicted octanol–water partition coefficient (Wildman–Crippen LogP) is 4.01. The van der Waals surface area contributed by atoms with Gasteiger partial charge < -0.3 is 14.2 Å². The van der Waals surface area contributed by atoms with E-state index in [9.17, 15) is 9.59 Å². The number of carbonyl (C=O) groups excluding carboxylic acids is 2. The SMILES string of the molecule is COC(=O)c1ccc(COC(=O)COc2ccc(Br)cc2Cl)cc1. The summed E-state index contributed by atoms with van der Waals surface area (Å²) in [6.07, 6.45) is 0. The van der Waals surface area contributed by atoms with Gasteiger partial charge in [0.15, 0.2) is 6.61 Å². The highest BCUT2D eigenvalue weighted by Gasteiger charge is 2.09. The number of rotatable bonds is 6. The van der Waals surface area contributed by atoms with Gasteiger partial charge in [-0.25, -0.2) is 9.59 Å². The van der Waals surface area contributed by atoms with Crippen LogP contribution in [0, 0.1) is 0 Å². The van der Waals surface area contributed by atoms with Gasteiger partial charge in [-0.1, -0.05) is 39.7 Å². The van der Waals surface area contributed by atoms with Crippen LogP contribution in [-0.4, -0.2) is 25.7 Å². The average molecular weight is 414 g/mol. The second-order valence-corrected chi connectivity index (χ2v) is 6.04. The topological polar surface area (TPSA) is 61.8 Å². The number of methoxy groups -OCH3 is 1. The normalized spacial score (nSPS) is 10.1. The van der Waals surface area contributed by atoms with Crippen molar-refractivity contribution < 1.29 is 23.8 Å². The van der Waals surface area contributed by atoms with Crippen molar-refractivity contribution in [2.75, 3.05) is 13.7 Å². The summed E-state index contributed by atoms with van der Waals surface area (Å²) in [7, 11) is 1.32. The van der Waals surface area contributed by atoms with Crippen LogP contribution in [0.4, 0.5) is 0 Å². The van der Waals surface area contributed by atoms with E-state index in [2.05, 4.69) is 20.7 Å². The van der Waals surface area contributed by atoms with Crippen molar-refractivity contribution in [2.24, 2.45) is 0 Å². The molecule has 2 aromatic rings. The molecule has 5 nitrogen and oxygen atoms in total. The fraction of sp³-hybridized carbons (Fsp3) is 0.176. The van der Waals surface area contributed by atoms with Crippen molar-refractivity contribution in [3.8, 4) is 5.75 Å². The Kier molecular flexibility index (Phi) is 6.63. The van der Waals surface area contributed by atoms with Crippen LogP contribution in [-0.2, 0) is 20.9 Å². The first kappa shape index (κ1) is 18.3. The van der Waals surface area contributed by atoms with Crippen molar-refractivity contribution in [1.82, 2.24) is 0 Å². The van der Waals surface area contributed by atoms with Crippen LogP contribution in [0.15, 0.2) is 46.9 Å². The third-order valence-electron chi connectivity index (χ3n) is 3.01. The lowest BCUT2D eigenvalue weighted by molar-refractivity contribution is -0.147. The van der Waals surface area contributed by atoms with Crippen LogP contribution in [0.5, 0.6) is 5.75 Å². The molecule has 0 spiro atoms. The van der Waals surface area contributed by atoms with Crippen molar-refractivity contribution in [1.29, 1.82) is 0 Å². The molecule has 0 saturated carbocycles. The summed E-state index contributed by atoms with van der Waals surface area (Å²) in [5.41, 5.74) is 1.18. The maximum atomic E-state index is 11.7. The molecular weight excluding hydrogens is 400 g/mol. The first-order valence-electron chi connectivity index (χ1n) is 6.90. The molecule has 2 rings (SSSR count). The molecule has 0 N–H and O–H groups in total. The van der Waals surface area contributed by atoms with E-state index in [-0.39, 0.29) is 13.2 Å². The van der Waals surface area contributed by atoms with E-state index in [4.69, 9.17) is 21.1 Å². The molecule has 0 amide bonds.